The lowest BCUT2D eigenvalue weighted by Crippen LogP contribution is -2.32. The van der Waals surface area contributed by atoms with Crippen molar-refractivity contribution in [1.82, 2.24) is 19.9 Å². The molecule has 1 N–H and O–H groups in total. The minimum Gasteiger partial charge on any atom is -0.456 e. The van der Waals surface area contributed by atoms with E-state index in [1.807, 2.05) is 12.1 Å². The molecule has 0 spiro atoms. The summed E-state index contributed by atoms with van der Waals surface area (Å²) in [6, 6.07) is 5.94. The van der Waals surface area contributed by atoms with Crippen LogP contribution in [0.15, 0.2) is 30.6 Å². The molecule has 5 rings (SSSR count). The van der Waals surface area contributed by atoms with Crippen LogP contribution in [0.4, 0.5) is 0 Å². The van der Waals surface area contributed by atoms with Crippen molar-refractivity contribution in [2.75, 3.05) is 13.2 Å². The van der Waals surface area contributed by atoms with Gasteiger partial charge in [0.1, 0.15) is 6.10 Å². The van der Waals surface area contributed by atoms with Gasteiger partial charge in [-0.05, 0) is 24.6 Å². The molecule has 25 heavy (non-hydrogen) atoms. The fourth-order valence-electron chi connectivity index (χ4n) is 3.33. The van der Waals surface area contributed by atoms with E-state index in [4.69, 9.17) is 25.8 Å². The summed E-state index contributed by atoms with van der Waals surface area (Å²) in [5.41, 5.74) is 2.74. The molecule has 3 aromatic heterocycles. The standard InChI is InChI=1S/C17H15ClN4O3/c18-10-6-11-16(21-14(10)9-2-1-4-19-7-9)22-17(20-11)25-13-8-24-12-3-5-23-15(12)13/h1-2,4,6-7,12-13,15H,3,5,8H2,(H,20,21,22)/t12-,13?,15+/m1/s1. The Labute approximate surface area is 148 Å². The molecule has 2 aliphatic rings. The highest BCUT2D eigenvalue weighted by Gasteiger charge is 2.43. The molecule has 7 nitrogen and oxygen atoms in total. The molecule has 0 bridgehead atoms. The Balaban J connectivity index is 1.46. The van der Waals surface area contributed by atoms with Crippen molar-refractivity contribution >= 4 is 22.8 Å². The predicted octanol–water partition coefficient (Wildman–Crippen LogP) is 2.61. The Morgan fingerprint density at radius 3 is 3.12 bits per heavy atom. The van der Waals surface area contributed by atoms with Crippen LogP contribution in [-0.2, 0) is 9.47 Å². The van der Waals surface area contributed by atoms with Crippen molar-refractivity contribution in [2.24, 2.45) is 0 Å². The van der Waals surface area contributed by atoms with E-state index in [-0.39, 0.29) is 18.3 Å². The lowest BCUT2D eigenvalue weighted by molar-refractivity contribution is 0.0273. The molecular formula is C17H15ClN4O3. The third-order valence-corrected chi connectivity index (χ3v) is 4.81. The minimum atomic E-state index is -0.165. The summed E-state index contributed by atoms with van der Waals surface area (Å²) in [5, 5.41) is 0.527. The van der Waals surface area contributed by atoms with E-state index in [0.29, 0.717) is 35.6 Å². The molecule has 2 saturated heterocycles. The van der Waals surface area contributed by atoms with Crippen LogP contribution in [0.25, 0.3) is 22.4 Å². The van der Waals surface area contributed by atoms with Gasteiger partial charge in [0.25, 0.3) is 6.01 Å². The van der Waals surface area contributed by atoms with Crippen LogP contribution in [-0.4, -0.2) is 51.5 Å². The fourth-order valence-corrected chi connectivity index (χ4v) is 3.59. The second kappa shape index (κ2) is 5.94. The maximum absolute atomic E-state index is 6.37. The molecule has 2 fully saturated rings. The first-order valence-electron chi connectivity index (χ1n) is 8.14. The van der Waals surface area contributed by atoms with Crippen molar-refractivity contribution in [3.63, 3.8) is 0 Å². The van der Waals surface area contributed by atoms with Crippen molar-refractivity contribution < 1.29 is 14.2 Å². The number of H-pyrrole nitrogens is 1. The zero-order valence-corrected chi connectivity index (χ0v) is 13.9. The number of fused-ring (bicyclic) bond motifs is 2. The van der Waals surface area contributed by atoms with E-state index >= 15 is 0 Å². The van der Waals surface area contributed by atoms with Crippen LogP contribution in [0.3, 0.4) is 0 Å². The molecule has 1 unspecified atom stereocenters. The molecule has 3 aromatic rings. The van der Waals surface area contributed by atoms with Gasteiger partial charge in [0, 0.05) is 24.6 Å². The number of aromatic amines is 1. The second-order valence-electron chi connectivity index (χ2n) is 6.13. The van der Waals surface area contributed by atoms with E-state index in [9.17, 15) is 0 Å². The summed E-state index contributed by atoms with van der Waals surface area (Å²) in [6.45, 7) is 1.21. The van der Waals surface area contributed by atoms with Crippen LogP contribution in [0.2, 0.25) is 5.02 Å². The first-order valence-corrected chi connectivity index (χ1v) is 8.52. The monoisotopic (exact) mass is 358 g/mol. The highest BCUT2D eigenvalue weighted by Crippen LogP contribution is 2.31. The SMILES string of the molecule is Clc1cc2[nH]c(OC3CO[C@@H]4CCO[C@H]34)nc2nc1-c1cccnc1. The lowest BCUT2D eigenvalue weighted by Gasteiger charge is -2.15. The molecule has 0 aromatic carbocycles. The van der Waals surface area contributed by atoms with Gasteiger partial charge in [-0.1, -0.05) is 11.6 Å². The molecule has 0 radical (unpaired) electrons. The quantitative estimate of drug-likeness (QED) is 0.775. The first-order chi connectivity index (χ1) is 12.3. The van der Waals surface area contributed by atoms with Gasteiger partial charge in [0.2, 0.25) is 0 Å². The van der Waals surface area contributed by atoms with Gasteiger partial charge in [-0.25, -0.2) is 4.98 Å². The molecule has 8 heteroatoms. The van der Waals surface area contributed by atoms with Gasteiger partial charge in [-0.15, -0.1) is 0 Å². The third kappa shape index (κ3) is 2.64. The van der Waals surface area contributed by atoms with Crippen molar-refractivity contribution in [1.29, 1.82) is 0 Å². The van der Waals surface area contributed by atoms with E-state index in [2.05, 4.69) is 19.9 Å². The third-order valence-electron chi connectivity index (χ3n) is 4.52. The molecular weight excluding hydrogens is 344 g/mol. The Kier molecular flexibility index (Phi) is 3.58. The number of hydrogen-bond acceptors (Lipinski definition) is 6. The number of rotatable bonds is 3. The number of nitrogens with zero attached hydrogens (tertiary/aromatic N) is 3. The topological polar surface area (TPSA) is 82.2 Å². The average Bonchev–Trinajstić information content (AvgIpc) is 3.32. The summed E-state index contributed by atoms with van der Waals surface area (Å²) in [6.07, 6.45) is 4.27. The highest BCUT2D eigenvalue weighted by atomic mass is 35.5. The van der Waals surface area contributed by atoms with E-state index in [1.54, 1.807) is 18.5 Å². The van der Waals surface area contributed by atoms with Crippen molar-refractivity contribution in [3.05, 3.63) is 35.6 Å². The number of ether oxygens (including phenoxy) is 3. The highest BCUT2D eigenvalue weighted by molar-refractivity contribution is 6.33. The maximum Gasteiger partial charge on any atom is 0.296 e. The van der Waals surface area contributed by atoms with Crippen molar-refractivity contribution in [2.45, 2.75) is 24.7 Å². The fraction of sp³-hybridized carbons (Fsp3) is 0.353. The molecule has 0 aliphatic carbocycles. The summed E-state index contributed by atoms with van der Waals surface area (Å²) < 4.78 is 17.3. The molecule has 3 atom stereocenters. The van der Waals surface area contributed by atoms with Crippen LogP contribution in [0.1, 0.15) is 6.42 Å². The molecule has 2 aliphatic heterocycles. The van der Waals surface area contributed by atoms with E-state index in [1.165, 1.54) is 0 Å². The van der Waals surface area contributed by atoms with Gasteiger partial charge in [-0.2, -0.15) is 4.98 Å². The van der Waals surface area contributed by atoms with Crippen LogP contribution in [0, 0.1) is 0 Å². The van der Waals surface area contributed by atoms with Gasteiger partial charge in [-0.3, -0.25) is 4.98 Å². The van der Waals surface area contributed by atoms with Crippen LogP contribution in [0.5, 0.6) is 6.01 Å². The van der Waals surface area contributed by atoms with Gasteiger partial charge < -0.3 is 19.2 Å². The number of nitrogens with one attached hydrogen (secondary N) is 1. The van der Waals surface area contributed by atoms with Gasteiger partial charge in [0.15, 0.2) is 11.8 Å². The van der Waals surface area contributed by atoms with Gasteiger partial charge in [0.05, 0.1) is 28.9 Å². The van der Waals surface area contributed by atoms with Gasteiger partial charge >= 0.3 is 0 Å². The zero-order valence-electron chi connectivity index (χ0n) is 13.2. The maximum atomic E-state index is 6.37. The summed E-state index contributed by atoms with van der Waals surface area (Å²) in [4.78, 5) is 16.2. The van der Waals surface area contributed by atoms with Crippen LogP contribution < -0.4 is 4.74 Å². The summed E-state index contributed by atoms with van der Waals surface area (Å²) in [7, 11) is 0. The summed E-state index contributed by atoms with van der Waals surface area (Å²) in [5.74, 6) is 0. The average molecular weight is 359 g/mol. The Bertz CT molecular complexity index is 917. The number of halogens is 1. The minimum absolute atomic E-state index is 0.0317. The largest absolute Gasteiger partial charge is 0.456 e. The molecule has 0 amide bonds. The Hall–Kier alpha value is -2.22. The summed E-state index contributed by atoms with van der Waals surface area (Å²) >= 11 is 6.37. The smallest absolute Gasteiger partial charge is 0.296 e. The predicted molar refractivity (Wildman–Crippen MR) is 90.6 cm³/mol. The zero-order chi connectivity index (χ0) is 16.8. The molecule has 0 saturated carbocycles. The van der Waals surface area contributed by atoms with E-state index < -0.39 is 0 Å². The first kappa shape index (κ1) is 15.1. The normalized spacial score (nSPS) is 25.4. The Morgan fingerprint density at radius 1 is 1.28 bits per heavy atom. The van der Waals surface area contributed by atoms with Crippen LogP contribution >= 0.6 is 11.6 Å². The lowest BCUT2D eigenvalue weighted by atomic mass is 10.1. The van der Waals surface area contributed by atoms with Crippen molar-refractivity contribution in [3.8, 4) is 17.3 Å². The number of aromatic nitrogens is 4. The number of pyridine rings is 2. The van der Waals surface area contributed by atoms with E-state index in [0.717, 1.165) is 17.5 Å². The number of hydrogen-bond donors (Lipinski definition) is 1. The number of imidazole rings is 1. The molecule has 128 valence electrons. The second-order valence-corrected chi connectivity index (χ2v) is 6.53. The molecule has 5 heterocycles. The Morgan fingerprint density at radius 2 is 2.24 bits per heavy atom.